The molecular weight excluding hydrogens is 206 g/mol. The summed E-state index contributed by atoms with van der Waals surface area (Å²) in [5.74, 6) is -0.595. The van der Waals surface area contributed by atoms with Gasteiger partial charge in [0.2, 0.25) is 0 Å². The molecule has 0 aliphatic heterocycles. The van der Waals surface area contributed by atoms with Crippen molar-refractivity contribution in [2.24, 2.45) is 5.73 Å². The lowest BCUT2D eigenvalue weighted by Gasteiger charge is -2.03. The first-order valence-electron chi connectivity index (χ1n) is 4.62. The lowest BCUT2D eigenvalue weighted by Crippen LogP contribution is -2.12. The third kappa shape index (κ3) is 1.70. The number of hydrogen-bond donors (Lipinski definition) is 1. The Kier molecular flexibility index (Phi) is 2.51. The standard InChI is InChI=1S/C11H9N3O2/c12-11(16)9-5-6-14(13-9)10-4-2-1-3-8(10)7-15/h1-7H,(H2,12,16). The third-order valence-corrected chi connectivity index (χ3v) is 2.15. The Hall–Kier alpha value is -2.43. The van der Waals surface area contributed by atoms with Gasteiger partial charge >= 0.3 is 0 Å². The molecule has 0 saturated heterocycles. The molecule has 1 aromatic carbocycles. The number of aromatic nitrogens is 2. The van der Waals surface area contributed by atoms with Gasteiger partial charge in [-0.05, 0) is 18.2 Å². The molecule has 2 rings (SSSR count). The van der Waals surface area contributed by atoms with Gasteiger partial charge in [0.1, 0.15) is 5.69 Å². The highest BCUT2D eigenvalue weighted by Crippen LogP contribution is 2.11. The van der Waals surface area contributed by atoms with E-state index in [2.05, 4.69) is 5.10 Å². The van der Waals surface area contributed by atoms with Gasteiger partial charge in [0.15, 0.2) is 6.29 Å². The first kappa shape index (κ1) is 10.1. The number of benzene rings is 1. The van der Waals surface area contributed by atoms with E-state index in [0.29, 0.717) is 11.3 Å². The Morgan fingerprint density at radius 1 is 1.31 bits per heavy atom. The highest BCUT2D eigenvalue weighted by molar-refractivity contribution is 5.90. The van der Waals surface area contributed by atoms with E-state index in [1.165, 1.54) is 10.7 Å². The zero-order valence-electron chi connectivity index (χ0n) is 8.33. The van der Waals surface area contributed by atoms with Crippen molar-refractivity contribution in [1.82, 2.24) is 9.78 Å². The summed E-state index contributed by atoms with van der Waals surface area (Å²) in [6, 6.07) is 8.46. The van der Waals surface area contributed by atoms with E-state index in [4.69, 9.17) is 5.73 Å². The molecule has 0 bridgehead atoms. The predicted molar refractivity (Wildman–Crippen MR) is 57.5 cm³/mol. The number of rotatable bonds is 3. The van der Waals surface area contributed by atoms with Gasteiger partial charge in [0, 0.05) is 11.8 Å². The van der Waals surface area contributed by atoms with Crippen LogP contribution < -0.4 is 5.73 Å². The summed E-state index contributed by atoms with van der Waals surface area (Å²) in [6.07, 6.45) is 2.32. The molecule has 0 spiro atoms. The Balaban J connectivity index is 2.50. The van der Waals surface area contributed by atoms with Crippen LogP contribution in [-0.4, -0.2) is 22.0 Å². The molecule has 0 unspecified atom stereocenters. The Morgan fingerprint density at radius 2 is 2.06 bits per heavy atom. The van der Waals surface area contributed by atoms with Crippen LogP contribution in [0.15, 0.2) is 36.5 Å². The number of carbonyl (C=O) groups is 2. The first-order chi connectivity index (χ1) is 7.72. The lowest BCUT2D eigenvalue weighted by molar-refractivity contribution is 0.0995. The van der Waals surface area contributed by atoms with Crippen molar-refractivity contribution >= 4 is 12.2 Å². The van der Waals surface area contributed by atoms with Crippen molar-refractivity contribution in [2.45, 2.75) is 0 Å². The van der Waals surface area contributed by atoms with E-state index >= 15 is 0 Å². The van der Waals surface area contributed by atoms with Gasteiger partial charge in [-0.15, -0.1) is 0 Å². The summed E-state index contributed by atoms with van der Waals surface area (Å²) in [7, 11) is 0. The van der Waals surface area contributed by atoms with Gasteiger partial charge in [-0.1, -0.05) is 12.1 Å². The molecule has 0 fully saturated rings. The fraction of sp³-hybridized carbons (Fsp3) is 0. The van der Waals surface area contributed by atoms with E-state index in [1.54, 1.807) is 30.5 Å². The molecule has 16 heavy (non-hydrogen) atoms. The number of nitrogens with zero attached hydrogens (tertiary/aromatic N) is 2. The fourth-order valence-electron chi connectivity index (χ4n) is 1.39. The number of aldehydes is 1. The topological polar surface area (TPSA) is 78.0 Å². The van der Waals surface area contributed by atoms with Gasteiger partial charge in [-0.2, -0.15) is 5.10 Å². The number of hydrogen-bond acceptors (Lipinski definition) is 3. The van der Waals surface area contributed by atoms with Crippen molar-refractivity contribution in [3.63, 3.8) is 0 Å². The van der Waals surface area contributed by atoms with Gasteiger partial charge in [-0.25, -0.2) is 4.68 Å². The first-order valence-corrected chi connectivity index (χ1v) is 4.62. The molecular formula is C11H9N3O2. The van der Waals surface area contributed by atoms with Crippen molar-refractivity contribution in [3.05, 3.63) is 47.8 Å². The highest BCUT2D eigenvalue weighted by atomic mass is 16.1. The van der Waals surface area contributed by atoms with E-state index in [1.807, 2.05) is 0 Å². The number of nitrogens with two attached hydrogens (primary N) is 1. The third-order valence-electron chi connectivity index (χ3n) is 2.15. The van der Waals surface area contributed by atoms with Crippen LogP contribution in [0.4, 0.5) is 0 Å². The zero-order valence-corrected chi connectivity index (χ0v) is 8.33. The summed E-state index contributed by atoms with van der Waals surface area (Å²) in [4.78, 5) is 21.7. The van der Waals surface area contributed by atoms with Gasteiger partial charge in [0.25, 0.3) is 5.91 Å². The molecule has 0 atom stereocenters. The molecule has 0 saturated carbocycles. The fourth-order valence-corrected chi connectivity index (χ4v) is 1.39. The van der Waals surface area contributed by atoms with Crippen LogP contribution in [0.25, 0.3) is 5.69 Å². The van der Waals surface area contributed by atoms with Crippen LogP contribution in [0.3, 0.4) is 0 Å². The summed E-state index contributed by atoms with van der Waals surface area (Å²) in [5.41, 5.74) is 6.38. The SMILES string of the molecule is NC(=O)c1ccn(-c2ccccc2C=O)n1. The van der Waals surface area contributed by atoms with Crippen LogP contribution in [0.5, 0.6) is 0 Å². The largest absolute Gasteiger partial charge is 0.364 e. The lowest BCUT2D eigenvalue weighted by atomic mass is 10.2. The van der Waals surface area contributed by atoms with Crippen LogP contribution in [0.1, 0.15) is 20.8 Å². The number of amides is 1. The molecule has 0 aliphatic carbocycles. The smallest absolute Gasteiger partial charge is 0.269 e. The molecule has 2 aromatic rings. The van der Waals surface area contributed by atoms with E-state index in [0.717, 1.165) is 6.29 Å². The van der Waals surface area contributed by atoms with Crippen LogP contribution in [0, 0.1) is 0 Å². The molecule has 1 amide bonds. The number of carbonyl (C=O) groups excluding carboxylic acids is 2. The quantitative estimate of drug-likeness (QED) is 0.768. The molecule has 2 N–H and O–H groups in total. The maximum absolute atomic E-state index is 10.9. The maximum atomic E-state index is 10.9. The second-order valence-electron chi connectivity index (χ2n) is 3.19. The van der Waals surface area contributed by atoms with Crippen LogP contribution in [0.2, 0.25) is 0 Å². The monoisotopic (exact) mass is 215 g/mol. The average molecular weight is 215 g/mol. The molecule has 0 radical (unpaired) electrons. The summed E-state index contributed by atoms with van der Waals surface area (Å²) >= 11 is 0. The van der Waals surface area contributed by atoms with Crippen molar-refractivity contribution in [1.29, 1.82) is 0 Å². The number of para-hydroxylation sites is 1. The molecule has 1 heterocycles. The Morgan fingerprint density at radius 3 is 2.69 bits per heavy atom. The van der Waals surface area contributed by atoms with E-state index in [-0.39, 0.29) is 5.69 Å². The minimum absolute atomic E-state index is 0.167. The van der Waals surface area contributed by atoms with E-state index < -0.39 is 5.91 Å². The van der Waals surface area contributed by atoms with Crippen molar-refractivity contribution < 1.29 is 9.59 Å². The highest BCUT2D eigenvalue weighted by Gasteiger charge is 2.08. The zero-order chi connectivity index (χ0) is 11.5. The average Bonchev–Trinajstić information content (AvgIpc) is 2.78. The van der Waals surface area contributed by atoms with Gasteiger partial charge in [-0.3, -0.25) is 9.59 Å². The minimum Gasteiger partial charge on any atom is -0.364 e. The second-order valence-corrected chi connectivity index (χ2v) is 3.19. The molecule has 5 nitrogen and oxygen atoms in total. The van der Waals surface area contributed by atoms with Gasteiger partial charge < -0.3 is 5.73 Å². The Labute approximate surface area is 91.5 Å². The molecule has 80 valence electrons. The Bertz CT molecular complexity index is 546. The molecule has 1 aromatic heterocycles. The number of primary amides is 1. The molecule has 5 heteroatoms. The normalized spacial score (nSPS) is 10.0. The summed E-state index contributed by atoms with van der Waals surface area (Å²) in [6.45, 7) is 0. The second kappa shape index (κ2) is 3.98. The van der Waals surface area contributed by atoms with Gasteiger partial charge in [0.05, 0.1) is 5.69 Å². The summed E-state index contributed by atoms with van der Waals surface area (Å²) in [5, 5.41) is 3.97. The van der Waals surface area contributed by atoms with Crippen LogP contribution >= 0.6 is 0 Å². The summed E-state index contributed by atoms with van der Waals surface area (Å²) < 4.78 is 1.45. The van der Waals surface area contributed by atoms with Crippen molar-refractivity contribution in [2.75, 3.05) is 0 Å². The predicted octanol–water partition coefficient (Wildman–Crippen LogP) is 0.784. The van der Waals surface area contributed by atoms with Crippen LogP contribution in [-0.2, 0) is 0 Å². The van der Waals surface area contributed by atoms with Crippen molar-refractivity contribution in [3.8, 4) is 5.69 Å². The molecule has 0 aliphatic rings. The minimum atomic E-state index is -0.595. The maximum Gasteiger partial charge on any atom is 0.269 e. The van der Waals surface area contributed by atoms with E-state index in [9.17, 15) is 9.59 Å².